The molecule has 0 saturated carbocycles. The molecule has 0 atom stereocenters. The fourth-order valence-electron chi connectivity index (χ4n) is 2.39. The van der Waals surface area contributed by atoms with Gasteiger partial charge in [0.2, 0.25) is 0 Å². The highest BCUT2D eigenvalue weighted by Gasteiger charge is 2.14. The summed E-state index contributed by atoms with van der Waals surface area (Å²) in [6.07, 6.45) is 0. The van der Waals surface area contributed by atoms with E-state index < -0.39 is 16.0 Å². The first-order valence-electron chi connectivity index (χ1n) is 8.02. The van der Waals surface area contributed by atoms with Crippen LogP contribution in [0.1, 0.15) is 15.9 Å². The first kappa shape index (κ1) is 18.5. The van der Waals surface area contributed by atoms with Crippen LogP contribution < -0.4 is 14.6 Å². The number of hydrogen-bond donors (Lipinski definition) is 1. The molecule has 0 fully saturated rings. The smallest absolute Gasteiger partial charge is 0.261 e. The van der Waals surface area contributed by atoms with Crippen molar-refractivity contribution in [2.24, 2.45) is 0 Å². The van der Waals surface area contributed by atoms with Gasteiger partial charge < -0.3 is 14.6 Å². The summed E-state index contributed by atoms with van der Waals surface area (Å²) in [6.45, 7) is 1.95. The SMILES string of the molecule is Cc1cccc(Oc2ccc(S(=O)(=O)Nc3ccc(C(=O)[O-])cc3)cc2)c1. The van der Waals surface area contributed by atoms with Crippen LogP contribution in [0.25, 0.3) is 0 Å². The summed E-state index contributed by atoms with van der Waals surface area (Å²) < 4.78 is 33.0. The molecule has 0 aliphatic carbocycles. The van der Waals surface area contributed by atoms with Crippen LogP contribution in [-0.2, 0) is 10.0 Å². The number of aryl methyl sites for hydroxylation is 1. The van der Waals surface area contributed by atoms with Crippen molar-refractivity contribution in [1.29, 1.82) is 0 Å². The van der Waals surface area contributed by atoms with Crippen molar-refractivity contribution in [3.05, 3.63) is 83.9 Å². The number of carboxylic acids is 1. The number of ether oxygens (including phenoxy) is 1. The summed E-state index contributed by atoms with van der Waals surface area (Å²) in [5.74, 6) is -0.150. The van der Waals surface area contributed by atoms with Crippen LogP contribution in [0.5, 0.6) is 11.5 Å². The minimum atomic E-state index is -3.81. The number of sulfonamides is 1. The molecule has 0 saturated heterocycles. The van der Waals surface area contributed by atoms with Gasteiger partial charge in [-0.25, -0.2) is 8.42 Å². The van der Waals surface area contributed by atoms with Crippen LogP contribution in [0.2, 0.25) is 0 Å². The average Bonchev–Trinajstić information content (AvgIpc) is 2.62. The van der Waals surface area contributed by atoms with Gasteiger partial charge in [0.1, 0.15) is 11.5 Å². The Bertz CT molecular complexity index is 1060. The highest BCUT2D eigenvalue weighted by Crippen LogP contribution is 2.24. The summed E-state index contributed by atoms with van der Waals surface area (Å²) in [5.41, 5.74) is 1.27. The van der Waals surface area contributed by atoms with E-state index in [0.29, 0.717) is 11.5 Å². The Morgan fingerprint density at radius 1 is 0.926 bits per heavy atom. The monoisotopic (exact) mass is 382 g/mol. The number of benzene rings is 3. The van der Waals surface area contributed by atoms with Gasteiger partial charge in [-0.3, -0.25) is 4.72 Å². The summed E-state index contributed by atoms with van der Waals surface area (Å²) in [5, 5.41) is 10.7. The summed E-state index contributed by atoms with van der Waals surface area (Å²) in [6, 6.07) is 18.8. The Morgan fingerprint density at radius 2 is 1.59 bits per heavy atom. The maximum Gasteiger partial charge on any atom is 0.261 e. The van der Waals surface area contributed by atoms with Gasteiger partial charge in [-0.05, 0) is 66.6 Å². The number of carboxylic acid groups (broad SMARTS) is 1. The molecule has 27 heavy (non-hydrogen) atoms. The van der Waals surface area contributed by atoms with Crippen molar-refractivity contribution in [3.63, 3.8) is 0 Å². The van der Waals surface area contributed by atoms with E-state index in [1.54, 1.807) is 12.1 Å². The van der Waals surface area contributed by atoms with Gasteiger partial charge in [0, 0.05) is 5.69 Å². The number of anilines is 1. The van der Waals surface area contributed by atoms with Gasteiger partial charge >= 0.3 is 0 Å². The third kappa shape index (κ3) is 4.65. The number of rotatable bonds is 6. The molecule has 138 valence electrons. The second kappa shape index (κ2) is 7.51. The minimum absolute atomic E-state index is 0.0319. The normalized spacial score (nSPS) is 11.0. The first-order valence-corrected chi connectivity index (χ1v) is 9.51. The van der Waals surface area contributed by atoms with E-state index in [1.807, 2.05) is 31.2 Å². The Hall–Kier alpha value is -3.32. The predicted octanol–water partition coefficient (Wildman–Crippen LogP) is 2.95. The van der Waals surface area contributed by atoms with Crippen LogP contribution in [0.15, 0.2) is 77.7 Å². The largest absolute Gasteiger partial charge is 0.545 e. The van der Waals surface area contributed by atoms with E-state index >= 15 is 0 Å². The second-order valence-corrected chi connectivity index (χ2v) is 7.54. The van der Waals surface area contributed by atoms with Gasteiger partial charge in [-0.15, -0.1) is 0 Å². The quantitative estimate of drug-likeness (QED) is 0.707. The van der Waals surface area contributed by atoms with Crippen LogP contribution in [0.3, 0.4) is 0 Å². The molecule has 0 spiro atoms. The fraction of sp³-hybridized carbons (Fsp3) is 0.0500. The van der Waals surface area contributed by atoms with Crippen LogP contribution in [0.4, 0.5) is 5.69 Å². The van der Waals surface area contributed by atoms with E-state index in [2.05, 4.69) is 4.72 Å². The fourth-order valence-corrected chi connectivity index (χ4v) is 3.45. The minimum Gasteiger partial charge on any atom is -0.545 e. The maximum absolute atomic E-state index is 12.5. The lowest BCUT2D eigenvalue weighted by atomic mass is 10.2. The molecule has 0 heterocycles. The molecule has 0 bridgehead atoms. The predicted molar refractivity (Wildman–Crippen MR) is 99.3 cm³/mol. The van der Waals surface area contributed by atoms with E-state index in [-0.39, 0.29) is 16.1 Å². The van der Waals surface area contributed by atoms with Gasteiger partial charge in [0.05, 0.1) is 10.9 Å². The molecule has 6 nitrogen and oxygen atoms in total. The third-order valence-corrected chi connectivity index (χ3v) is 5.13. The van der Waals surface area contributed by atoms with Crippen LogP contribution in [0, 0.1) is 6.92 Å². The highest BCUT2D eigenvalue weighted by atomic mass is 32.2. The molecule has 3 aromatic rings. The Morgan fingerprint density at radius 3 is 2.19 bits per heavy atom. The molecule has 3 aromatic carbocycles. The van der Waals surface area contributed by atoms with Gasteiger partial charge in [0.15, 0.2) is 0 Å². The van der Waals surface area contributed by atoms with Crippen molar-refractivity contribution in [1.82, 2.24) is 0 Å². The first-order chi connectivity index (χ1) is 12.8. The van der Waals surface area contributed by atoms with E-state index in [9.17, 15) is 18.3 Å². The van der Waals surface area contributed by atoms with Crippen LogP contribution >= 0.6 is 0 Å². The topological polar surface area (TPSA) is 95.5 Å². The van der Waals surface area contributed by atoms with E-state index in [4.69, 9.17) is 4.74 Å². The second-order valence-electron chi connectivity index (χ2n) is 5.86. The molecular formula is C20H16NO5S-. The maximum atomic E-state index is 12.5. The van der Waals surface area contributed by atoms with Crippen molar-refractivity contribution in [2.75, 3.05) is 4.72 Å². The standard InChI is InChI=1S/C20H17NO5S/c1-14-3-2-4-18(13-14)26-17-9-11-19(12-10-17)27(24,25)21-16-7-5-15(6-8-16)20(22)23/h2-13,21H,1H3,(H,22,23)/p-1. The number of hydrogen-bond acceptors (Lipinski definition) is 5. The third-order valence-electron chi connectivity index (χ3n) is 3.73. The summed E-state index contributed by atoms with van der Waals surface area (Å²) in [4.78, 5) is 10.8. The van der Waals surface area contributed by atoms with Gasteiger partial charge in [-0.1, -0.05) is 24.3 Å². The van der Waals surface area contributed by atoms with E-state index in [0.717, 1.165) is 5.56 Å². The lowest BCUT2D eigenvalue weighted by molar-refractivity contribution is -0.255. The van der Waals surface area contributed by atoms with Crippen molar-refractivity contribution in [3.8, 4) is 11.5 Å². The Labute approximate surface area is 157 Å². The lowest BCUT2D eigenvalue weighted by Gasteiger charge is -2.10. The van der Waals surface area contributed by atoms with E-state index in [1.165, 1.54) is 36.4 Å². The molecule has 7 heteroatoms. The molecule has 1 N–H and O–H groups in total. The molecule has 0 unspecified atom stereocenters. The Kier molecular flexibility index (Phi) is 5.14. The number of carbonyl (C=O) groups is 1. The van der Waals surface area contributed by atoms with Gasteiger partial charge in [-0.2, -0.15) is 0 Å². The van der Waals surface area contributed by atoms with Gasteiger partial charge in [0.25, 0.3) is 10.0 Å². The summed E-state index contributed by atoms with van der Waals surface area (Å²) >= 11 is 0. The molecule has 0 radical (unpaired) electrons. The molecule has 0 aromatic heterocycles. The molecular weight excluding hydrogens is 366 g/mol. The molecule has 0 aliphatic heterocycles. The molecule has 0 amide bonds. The Balaban J connectivity index is 1.74. The number of nitrogens with one attached hydrogen (secondary N) is 1. The zero-order valence-electron chi connectivity index (χ0n) is 14.4. The molecule has 3 rings (SSSR count). The molecule has 0 aliphatic rings. The lowest BCUT2D eigenvalue weighted by Crippen LogP contribution is -2.22. The zero-order valence-corrected chi connectivity index (χ0v) is 15.2. The highest BCUT2D eigenvalue weighted by molar-refractivity contribution is 7.92. The van der Waals surface area contributed by atoms with Crippen LogP contribution in [-0.4, -0.2) is 14.4 Å². The summed E-state index contributed by atoms with van der Waals surface area (Å²) in [7, 11) is -3.81. The average molecular weight is 382 g/mol. The van der Waals surface area contributed by atoms with Crippen molar-refractivity contribution < 1.29 is 23.1 Å². The number of aromatic carboxylic acids is 1. The van der Waals surface area contributed by atoms with Crippen molar-refractivity contribution in [2.45, 2.75) is 11.8 Å². The zero-order chi connectivity index (χ0) is 19.4. The number of carbonyl (C=O) groups excluding carboxylic acids is 1. The van der Waals surface area contributed by atoms with Crippen molar-refractivity contribution >= 4 is 21.7 Å².